The lowest BCUT2D eigenvalue weighted by Crippen LogP contribution is -2.43. The van der Waals surface area contributed by atoms with Crippen molar-refractivity contribution in [3.63, 3.8) is 0 Å². The molecular weight excluding hydrogens is 326 g/mol. The number of nitrogens with zero attached hydrogens (tertiary/aromatic N) is 2. The topological polar surface area (TPSA) is 81.2 Å². The molecule has 24 heavy (non-hydrogen) atoms. The molecular formula is C17H21N3O3S. The third kappa shape index (κ3) is 5.13. The Labute approximate surface area is 145 Å². The number of aromatic nitrogens is 2. The second kappa shape index (κ2) is 8.54. The van der Waals surface area contributed by atoms with E-state index in [-0.39, 0.29) is 18.2 Å². The Hall–Kier alpha value is -2.28. The van der Waals surface area contributed by atoms with Gasteiger partial charge in [-0.25, -0.2) is 9.78 Å². The SMILES string of the molecule is COC(=O)[C@H](CC(C)C)NC(=O)Cc1csc(-c2ccccn2)n1. The first-order valence-corrected chi connectivity index (χ1v) is 8.60. The minimum atomic E-state index is -0.628. The largest absolute Gasteiger partial charge is 0.467 e. The molecule has 6 nitrogen and oxygen atoms in total. The number of nitrogens with one attached hydrogen (secondary N) is 1. The molecule has 0 unspecified atom stereocenters. The van der Waals surface area contributed by atoms with Gasteiger partial charge < -0.3 is 10.1 Å². The molecule has 7 heteroatoms. The maximum Gasteiger partial charge on any atom is 0.328 e. The van der Waals surface area contributed by atoms with Crippen LogP contribution in [0.25, 0.3) is 10.7 Å². The van der Waals surface area contributed by atoms with E-state index in [2.05, 4.69) is 15.3 Å². The summed E-state index contributed by atoms with van der Waals surface area (Å²) in [5.74, 6) is -0.405. The fraction of sp³-hybridized carbons (Fsp3) is 0.412. The molecule has 128 valence electrons. The molecule has 1 amide bonds. The zero-order chi connectivity index (χ0) is 17.5. The number of esters is 1. The molecule has 2 heterocycles. The van der Waals surface area contributed by atoms with E-state index >= 15 is 0 Å². The number of carbonyl (C=O) groups is 2. The van der Waals surface area contributed by atoms with Gasteiger partial charge in [-0.2, -0.15) is 0 Å². The van der Waals surface area contributed by atoms with Gasteiger partial charge in [-0.15, -0.1) is 11.3 Å². The molecule has 0 aliphatic carbocycles. The van der Waals surface area contributed by atoms with E-state index in [9.17, 15) is 9.59 Å². The minimum Gasteiger partial charge on any atom is -0.467 e. The van der Waals surface area contributed by atoms with Gasteiger partial charge >= 0.3 is 5.97 Å². The number of amides is 1. The highest BCUT2D eigenvalue weighted by Gasteiger charge is 2.23. The molecule has 0 saturated carbocycles. The van der Waals surface area contributed by atoms with E-state index in [1.807, 2.05) is 37.4 Å². The summed E-state index contributed by atoms with van der Waals surface area (Å²) in [7, 11) is 1.32. The van der Waals surface area contributed by atoms with Crippen molar-refractivity contribution >= 4 is 23.2 Å². The summed E-state index contributed by atoms with van der Waals surface area (Å²) in [5.41, 5.74) is 1.44. The van der Waals surface area contributed by atoms with Gasteiger partial charge in [-0.3, -0.25) is 9.78 Å². The summed E-state index contributed by atoms with van der Waals surface area (Å²) >= 11 is 1.44. The highest BCUT2D eigenvalue weighted by Crippen LogP contribution is 2.21. The lowest BCUT2D eigenvalue weighted by molar-refractivity contribution is -0.145. The first kappa shape index (κ1) is 18.1. The van der Waals surface area contributed by atoms with Crippen LogP contribution in [-0.2, 0) is 20.7 Å². The molecule has 0 saturated heterocycles. The minimum absolute atomic E-state index is 0.120. The smallest absolute Gasteiger partial charge is 0.328 e. The predicted octanol–water partition coefficient (Wildman–Crippen LogP) is 2.45. The van der Waals surface area contributed by atoms with E-state index in [1.165, 1.54) is 18.4 Å². The van der Waals surface area contributed by atoms with E-state index < -0.39 is 12.0 Å². The van der Waals surface area contributed by atoms with E-state index in [4.69, 9.17) is 4.74 Å². The van der Waals surface area contributed by atoms with Crippen molar-refractivity contribution in [2.24, 2.45) is 5.92 Å². The van der Waals surface area contributed by atoms with E-state index in [1.54, 1.807) is 6.20 Å². The molecule has 0 radical (unpaired) electrons. The Morgan fingerprint density at radius 2 is 2.12 bits per heavy atom. The van der Waals surface area contributed by atoms with E-state index in [0.717, 1.165) is 10.7 Å². The van der Waals surface area contributed by atoms with Crippen molar-refractivity contribution in [3.05, 3.63) is 35.5 Å². The summed E-state index contributed by atoms with van der Waals surface area (Å²) in [4.78, 5) is 32.6. The number of rotatable bonds is 7. The lowest BCUT2D eigenvalue weighted by Gasteiger charge is -2.18. The van der Waals surface area contributed by atoms with Crippen LogP contribution in [0.2, 0.25) is 0 Å². The van der Waals surface area contributed by atoms with Gasteiger partial charge in [0.1, 0.15) is 11.0 Å². The number of hydrogen-bond acceptors (Lipinski definition) is 6. The Balaban J connectivity index is 1.99. The zero-order valence-corrected chi connectivity index (χ0v) is 14.8. The maximum absolute atomic E-state index is 12.2. The fourth-order valence-electron chi connectivity index (χ4n) is 2.23. The molecule has 2 rings (SSSR count). The van der Waals surface area contributed by atoms with Crippen molar-refractivity contribution in [3.8, 4) is 10.7 Å². The van der Waals surface area contributed by atoms with Crippen molar-refractivity contribution in [1.82, 2.24) is 15.3 Å². The highest BCUT2D eigenvalue weighted by molar-refractivity contribution is 7.13. The number of thiazole rings is 1. The first-order chi connectivity index (χ1) is 11.5. The number of carbonyl (C=O) groups excluding carboxylic acids is 2. The van der Waals surface area contributed by atoms with Crippen LogP contribution in [0.4, 0.5) is 0 Å². The molecule has 1 atom stereocenters. The Morgan fingerprint density at radius 3 is 2.75 bits per heavy atom. The average Bonchev–Trinajstić information content (AvgIpc) is 3.02. The number of ether oxygens (including phenoxy) is 1. The van der Waals surface area contributed by atoms with Crippen molar-refractivity contribution < 1.29 is 14.3 Å². The van der Waals surface area contributed by atoms with Crippen LogP contribution in [0.5, 0.6) is 0 Å². The van der Waals surface area contributed by atoms with Crippen molar-refractivity contribution in [2.45, 2.75) is 32.7 Å². The van der Waals surface area contributed by atoms with Crippen LogP contribution in [0.3, 0.4) is 0 Å². The second-order valence-corrected chi connectivity index (χ2v) is 6.67. The summed E-state index contributed by atoms with van der Waals surface area (Å²) in [6.07, 6.45) is 2.36. The van der Waals surface area contributed by atoms with E-state index in [0.29, 0.717) is 12.1 Å². The molecule has 0 fully saturated rings. The average molecular weight is 347 g/mol. The van der Waals surface area contributed by atoms with Gasteiger partial charge in [-0.1, -0.05) is 19.9 Å². The highest BCUT2D eigenvalue weighted by atomic mass is 32.1. The van der Waals surface area contributed by atoms with Crippen LogP contribution in [-0.4, -0.2) is 35.0 Å². The van der Waals surface area contributed by atoms with Gasteiger partial charge in [0.15, 0.2) is 0 Å². The Bertz CT molecular complexity index is 685. The van der Waals surface area contributed by atoms with Gasteiger partial charge in [0, 0.05) is 11.6 Å². The summed E-state index contributed by atoms with van der Waals surface area (Å²) in [6, 6.07) is 4.98. The molecule has 0 aliphatic rings. The van der Waals surface area contributed by atoms with Crippen LogP contribution in [0.1, 0.15) is 26.0 Å². The standard InChI is InChI=1S/C17H21N3O3S/c1-11(2)8-14(17(22)23-3)20-15(21)9-12-10-24-16(19-12)13-6-4-5-7-18-13/h4-7,10-11,14H,8-9H2,1-3H3,(H,20,21)/t14-/m0/s1. The maximum atomic E-state index is 12.2. The van der Waals surface area contributed by atoms with Gasteiger partial charge in [0.2, 0.25) is 5.91 Å². The van der Waals surface area contributed by atoms with Crippen LogP contribution in [0, 0.1) is 5.92 Å². The van der Waals surface area contributed by atoms with Gasteiger partial charge in [0.25, 0.3) is 0 Å². The normalized spacial score (nSPS) is 12.0. The third-order valence-corrected chi connectivity index (χ3v) is 4.22. The predicted molar refractivity (Wildman–Crippen MR) is 92.5 cm³/mol. The van der Waals surface area contributed by atoms with Crippen molar-refractivity contribution in [1.29, 1.82) is 0 Å². The molecule has 2 aromatic heterocycles. The number of pyridine rings is 1. The molecule has 0 aromatic carbocycles. The third-order valence-electron chi connectivity index (χ3n) is 3.31. The van der Waals surface area contributed by atoms with Crippen LogP contribution in [0.15, 0.2) is 29.8 Å². The first-order valence-electron chi connectivity index (χ1n) is 7.72. The van der Waals surface area contributed by atoms with Crippen LogP contribution < -0.4 is 5.32 Å². The quantitative estimate of drug-likeness (QED) is 0.778. The molecule has 0 bridgehead atoms. The summed E-state index contributed by atoms with van der Waals surface area (Å²) in [5, 5.41) is 5.33. The Kier molecular flexibility index (Phi) is 6.43. The fourth-order valence-corrected chi connectivity index (χ4v) is 3.03. The zero-order valence-electron chi connectivity index (χ0n) is 14.0. The summed E-state index contributed by atoms with van der Waals surface area (Å²) < 4.78 is 4.75. The molecule has 0 aliphatic heterocycles. The molecule has 2 aromatic rings. The summed E-state index contributed by atoms with van der Waals surface area (Å²) in [6.45, 7) is 3.98. The molecule has 1 N–H and O–H groups in total. The van der Waals surface area contributed by atoms with Gasteiger partial charge in [-0.05, 0) is 24.5 Å². The second-order valence-electron chi connectivity index (χ2n) is 5.81. The molecule has 0 spiro atoms. The number of hydrogen-bond donors (Lipinski definition) is 1. The van der Waals surface area contributed by atoms with Crippen LogP contribution >= 0.6 is 11.3 Å². The Morgan fingerprint density at radius 1 is 1.33 bits per heavy atom. The van der Waals surface area contributed by atoms with Crippen molar-refractivity contribution in [2.75, 3.05) is 7.11 Å². The lowest BCUT2D eigenvalue weighted by atomic mass is 10.0. The van der Waals surface area contributed by atoms with Gasteiger partial charge in [0.05, 0.1) is 24.9 Å². The monoisotopic (exact) mass is 347 g/mol. The number of methoxy groups -OCH3 is 1.